The number of rotatable bonds is 4. The molecule has 7 rings (SSSR count). The van der Waals surface area contributed by atoms with Gasteiger partial charge in [0.05, 0.1) is 0 Å². The third-order valence-electron chi connectivity index (χ3n) is 8.18. The molecule has 0 bridgehead atoms. The van der Waals surface area contributed by atoms with Crippen LogP contribution in [0.3, 0.4) is 0 Å². The van der Waals surface area contributed by atoms with Crippen molar-refractivity contribution in [1.82, 2.24) is 9.97 Å². The minimum absolute atomic E-state index is 0.231. The number of hydrogen-bond acceptors (Lipinski definition) is 2. The van der Waals surface area contributed by atoms with Gasteiger partial charge >= 0.3 is 0 Å². The fraction of sp³-hybridized carbons (Fsp3) is 0.105. The molecule has 0 radical (unpaired) electrons. The zero-order valence-electron chi connectivity index (χ0n) is 22.6. The topological polar surface area (TPSA) is 25.8 Å². The van der Waals surface area contributed by atoms with Gasteiger partial charge < -0.3 is 0 Å². The quantitative estimate of drug-likeness (QED) is 0.239. The highest BCUT2D eigenvalue weighted by molar-refractivity contribution is 5.97. The van der Waals surface area contributed by atoms with Crippen LogP contribution in [-0.4, -0.2) is 9.97 Å². The Morgan fingerprint density at radius 1 is 0.825 bits per heavy atom. The van der Waals surface area contributed by atoms with Gasteiger partial charge in [-0.15, -0.1) is 0 Å². The first kappa shape index (κ1) is 24.2. The van der Waals surface area contributed by atoms with Gasteiger partial charge in [0.25, 0.3) is 0 Å². The van der Waals surface area contributed by atoms with Crippen LogP contribution in [0.1, 0.15) is 62.7 Å². The molecular formula is C38H30N2. The summed E-state index contributed by atoms with van der Waals surface area (Å²) in [5, 5.41) is 2.64. The summed E-state index contributed by atoms with van der Waals surface area (Å²) < 4.78 is 0. The van der Waals surface area contributed by atoms with Gasteiger partial charge in [0, 0.05) is 29.7 Å². The first-order chi connectivity index (χ1) is 19.8. The Kier molecular flexibility index (Phi) is 6.30. The van der Waals surface area contributed by atoms with Crippen LogP contribution >= 0.6 is 0 Å². The van der Waals surface area contributed by atoms with E-state index in [0.29, 0.717) is 0 Å². The van der Waals surface area contributed by atoms with E-state index >= 15 is 0 Å². The molecule has 40 heavy (non-hydrogen) atoms. The third kappa shape index (κ3) is 4.42. The largest absolute Gasteiger partial charge is 0.261 e. The third-order valence-corrected chi connectivity index (χ3v) is 8.18. The first-order valence-electron chi connectivity index (χ1n) is 14.0. The lowest BCUT2D eigenvalue weighted by Gasteiger charge is -2.27. The Bertz CT molecular complexity index is 1850. The number of aryl methyl sites for hydroxylation is 1. The molecule has 1 unspecified atom stereocenters. The fourth-order valence-corrected chi connectivity index (χ4v) is 6.12. The number of hydrogen-bond donors (Lipinski definition) is 0. The molecule has 2 heterocycles. The van der Waals surface area contributed by atoms with Crippen LogP contribution in [0.4, 0.5) is 0 Å². The van der Waals surface area contributed by atoms with Crippen LogP contribution in [0.15, 0.2) is 116 Å². The Morgan fingerprint density at radius 2 is 1.73 bits per heavy atom. The molecule has 2 nitrogen and oxygen atoms in total. The van der Waals surface area contributed by atoms with E-state index in [1.165, 1.54) is 44.2 Å². The van der Waals surface area contributed by atoms with Gasteiger partial charge in [-0.25, -0.2) is 0 Å². The van der Waals surface area contributed by atoms with E-state index in [9.17, 15) is 0 Å². The molecule has 2 heteroatoms. The van der Waals surface area contributed by atoms with E-state index in [1.54, 1.807) is 0 Å². The second-order valence-corrected chi connectivity index (χ2v) is 10.5. The van der Waals surface area contributed by atoms with E-state index in [1.807, 2.05) is 25.4 Å². The van der Waals surface area contributed by atoms with E-state index in [4.69, 9.17) is 4.98 Å². The second kappa shape index (κ2) is 10.4. The summed E-state index contributed by atoms with van der Waals surface area (Å²) in [6, 6.07) is 28.5. The number of nitrogens with zero attached hydrogens (tertiary/aromatic N) is 2. The average molecular weight is 515 g/mol. The number of fused-ring (bicyclic) bond motifs is 4. The molecule has 0 spiro atoms. The Balaban J connectivity index is 1.26. The molecule has 1 atom stereocenters. The Hall–Kier alpha value is -4.82. The van der Waals surface area contributed by atoms with Crippen LogP contribution in [0, 0.1) is 6.92 Å². The number of pyridine rings is 2. The zero-order valence-corrected chi connectivity index (χ0v) is 22.6. The predicted molar refractivity (Wildman–Crippen MR) is 168 cm³/mol. The highest BCUT2D eigenvalue weighted by Crippen LogP contribution is 2.43. The van der Waals surface area contributed by atoms with E-state index in [2.05, 4.69) is 120 Å². The second-order valence-electron chi connectivity index (χ2n) is 10.5. The van der Waals surface area contributed by atoms with Gasteiger partial charge in [-0.2, -0.15) is 0 Å². The summed E-state index contributed by atoms with van der Waals surface area (Å²) >= 11 is 0. The van der Waals surface area contributed by atoms with E-state index < -0.39 is 0 Å². The molecule has 2 aliphatic rings. The lowest BCUT2D eigenvalue weighted by molar-refractivity contribution is 0.782. The molecule has 0 N–H and O–H groups in total. The van der Waals surface area contributed by atoms with Gasteiger partial charge in [0.1, 0.15) is 0 Å². The van der Waals surface area contributed by atoms with Crippen molar-refractivity contribution in [3.63, 3.8) is 0 Å². The highest BCUT2D eigenvalue weighted by atomic mass is 14.7. The number of benzene rings is 3. The summed E-state index contributed by atoms with van der Waals surface area (Å²) in [7, 11) is 0. The predicted octanol–water partition coefficient (Wildman–Crippen LogP) is 9.20. The maximum atomic E-state index is 4.94. The molecule has 3 aromatic carbocycles. The van der Waals surface area contributed by atoms with E-state index in [0.717, 1.165) is 35.4 Å². The molecular weight excluding hydrogens is 484 g/mol. The molecule has 2 aliphatic carbocycles. The van der Waals surface area contributed by atoms with Crippen LogP contribution in [-0.2, 0) is 6.42 Å². The molecule has 192 valence electrons. The van der Waals surface area contributed by atoms with Gasteiger partial charge in [0.15, 0.2) is 0 Å². The van der Waals surface area contributed by atoms with Crippen molar-refractivity contribution in [2.45, 2.75) is 25.7 Å². The normalized spacial score (nSPS) is 16.0. The molecule has 2 aromatic heterocycles. The number of allylic oxidation sites excluding steroid dienone is 4. The van der Waals surface area contributed by atoms with Crippen molar-refractivity contribution in [1.29, 1.82) is 0 Å². The van der Waals surface area contributed by atoms with Gasteiger partial charge in [-0.05, 0) is 93.3 Å². The molecule has 0 saturated carbocycles. The van der Waals surface area contributed by atoms with Crippen molar-refractivity contribution in [2.24, 2.45) is 0 Å². The maximum absolute atomic E-state index is 4.94. The van der Waals surface area contributed by atoms with Crippen molar-refractivity contribution in [2.75, 3.05) is 0 Å². The Labute approximate surface area is 235 Å². The lowest BCUT2D eigenvalue weighted by atomic mass is 9.77. The van der Waals surface area contributed by atoms with E-state index in [-0.39, 0.29) is 5.92 Å². The fourth-order valence-electron chi connectivity index (χ4n) is 6.12. The van der Waals surface area contributed by atoms with Crippen LogP contribution in [0.2, 0.25) is 0 Å². The first-order valence-corrected chi connectivity index (χ1v) is 14.0. The summed E-state index contributed by atoms with van der Waals surface area (Å²) in [5.74, 6) is 0.231. The monoisotopic (exact) mass is 514 g/mol. The van der Waals surface area contributed by atoms with Crippen molar-refractivity contribution < 1.29 is 0 Å². The smallest absolute Gasteiger partial charge is 0.0482 e. The van der Waals surface area contributed by atoms with Crippen LogP contribution < -0.4 is 0 Å². The van der Waals surface area contributed by atoms with Gasteiger partial charge in [-0.3, -0.25) is 9.97 Å². The summed E-state index contributed by atoms with van der Waals surface area (Å²) in [5.41, 5.74) is 12.4. The zero-order chi connectivity index (χ0) is 26.9. The Morgan fingerprint density at radius 3 is 2.62 bits per heavy atom. The summed E-state index contributed by atoms with van der Waals surface area (Å²) in [6.45, 7) is 2.03. The lowest BCUT2D eigenvalue weighted by Crippen LogP contribution is -2.11. The molecule has 0 fully saturated rings. The SMILES string of the molecule is Cc1ncccc1/C=C\c1ccc(C2CC=C(c3cc4ccccc4c4c3C=CC=CC4)c3ccccc32)nc1. The molecule has 0 saturated heterocycles. The molecule has 5 aromatic rings. The maximum Gasteiger partial charge on any atom is 0.0482 e. The molecule has 0 aliphatic heterocycles. The van der Waals surface area contributed by atoms with Crippen molar-refractivity contribution >= 4 is 34.6 Å². The van der Waals surface area contributed by atoms with Crippen LogP contribution in [0.5, 0.6) is 0 Å². The summed E-state index contributed by atoms with van der Waals surface area (Å²) in [6.07, 6.45) is 21.2. The van der Waals surface area contributed by atoms with Crippen LogP contribution in [0.25, 0.3) is 34.6 Å². The average Bonchev–Trinajstić information content (AvgIpc) is 3.27. The minimum atomic E-state index is 0.231. The van der Waals surface area contributed by atoms with Gasteiger partial charge in [-0.1, -0.05) is 103 Å². The number of aromatic nitrogens is 2. The minimum Gasteiger partial charge on any atom is -0.261 e. The summed E-state index contributed by atoms with van der Waals surface area (Å²) in [4.78, 5) is 9.32. The molecule has 0 amide bonds. The van der Waals surface area contributed by atoms with Crippen molar-refractivity contribution in [3.05, 3.63) is 166 Å². The standard InChI is InChI=1S/C38H30N2/c1-26-28(11-9-23-39-26)19-17-27-18-22-38(40-25-27)36-21-20-35(32-15-7-8-16-33(32)36)37-24-29-10-5-6-12-30(29)31-13-3-2-4-14-34(31)37/h2-12,14-20,22-25,36H,13,21H2,1H3/b19-17-. The van der Waals surface area contributed by atoms with Gasteiger partial charge in [0.2, 0.25) is 0 Å². The highest BCUT2D eigenvalue weighted by Gasteiger charge is 2.26. The van der Waals surface area contributed by atoms with Crippen molar-refractivity contribution in [3.8, 4) is 0 Å².